The van der Waals surface area contributed by atoms with E-state index < -0.39 is 0 Å². The first-order chi connectivity index (χ1) is 11.1. The Balaban J connectivity index is 1.95. The lowest BCUT2D eigenvalue weighted by molar-refractivity contribution is 0.0951. The van der Waals surface area contributed by atoms with E-state index in [0.29, 0.717) is 18.0 Å². The van der Waals surface area contributed by atoms with Gasteiger partial charge in [-0.3, -0.25) is 4.79 Å². The van der Waals surface area contributed by atoms with Crippen molar-refractivity contribution in [1.82, 2.24) is 5.32 Å². The molecule has 120 valence electrons. The van der Waals surface area contributed by atoms with E-state index in [1.165, 1.54) is 0 Å². The highest BCUT2D eigenvalue weighted by Crippen LogP contribution is 2.13. The Morgan fingerprint density at radius 2 is 1.91 bits per heavy atom. The lowest BCUT2D eigenvalue weighted by Crippen LogP contribution is -2.22. The minimum Gasteiger partial charge on any atom is -0.497 e. The predicted molar refractivity (Wildman–Crippen MR) is 94.5 cm³/mol. The average molecular weight is 309 g/mol. The normalized spacial score (nSPS) is 11.0. The molecule has 0 bridgehead atoms. The Bertz CT molecular complexity index is 672. The van der Waals surface area contributed by atoms with Gasteiger partial charge in [-0.1, -0.05) is 50.3 Å². The van der Waals surface area contributed by atoms with Crippen molar-refractivity contribution in [3.8, 4) is 5.75 Å². The predicted octanol–water partition coefficient (Wildman–Crippen LogP) is 4.29. The SMILES string of the molecule is COc1cccc(CNC(=O)c2ccc(/C=C/C(C)C)cc2)c1. The van der Waals surface area contributed by atoms with Crippen LogP contribution in [0, 0.1) is 5.92 Å². The van der Waals surface area contributed by atoms with E-state index in [9.17, 15) is 4.79 Å². The maximum Gasteiger partial charge on any atom is 0.251 e. The van der Waals surface area contributed by atoms with E-state index in [4.69, 9.17) is 4.74 Å². The molecule has 1 amide bonds. The number of carbonyl (C=O) groups excluding carboxylic acids is 1. The fourth-order valence-corrected chi connectivity index (χ4v) is 2.12. The summed E-state index contributed by atoms with van der Waals surface area (Å²) < 4.78 is 5.18. The summed E-state index contributed by atoms with van der Waals surface area (Å²) in [6.45, 7) is 4.75. The van der Waals surface area contributed by atoms with Crippen molar-refractivity contribution in [3.05, 3.63) is 71.3 Å². The van der Waals surface area contributed by atoms with Crippen LogP contribution >= 0.6 is 0 Å². The van der Waals surface area contributed by atoms with Gasteiger partial charge in [0.05, 0.1) is 7.11 Å². The molecule has 0 aromatic heterocycles. The molecule has 0 saturated carbocycles. The van der Waals surface area contributed by atoms with Gasteiger partial charge in [-0.2, -0.15) is 0 Å². The number of ether oxygens (including phenoxy) is 1. The van der Waals surface area contributed by atoms with Gasteiger partial charge >= 0.3 is 0 Å². The zero-order chi connectivity index (χ0) is 16.7. The highest BCUT2D eigenvalue weighted by atomic mass is 16.5. The minimum absolute atomic E-state index is 0.0767. The molecule has 1 N–H and O–H groups in total. The zero-order valence-electron chi connectivity index (χ0n) is 13.9. The summed E-state index contributed by atoms with van der Waals surface area (Å²) in [5, 5.41) is 2.92. The topological polar surface area (TPSA) is 38.3 Å². The van der Waals surface area contributed by atoms with Crippen LogP contribution in [-0.4, -0.2) is 13.0 Å². The number of rotatable bonds is 6. The van der Waals surface area contributed by atoms with E-state index >= 15 is 0 Å². The highest BCUT2D eigenvalue weighted by molar-refractivity contribution is 5.94. The van der Waals surface area contributed by atoms with Gasteiger partial charge in [0.15, 0.2) is 0 Å². The summed E-state index contributed by atoms with van der Waals surface area (Å²) in [4.78, 5) is 12.2. The van der Waals surface area contributed by atoms with Gasteiger partial charge in [0.25, 0.3) is 5.91 Å². The van der Waals surface area contributed by atoms with Gasteiger partial charge in [-0.05, 0) is 41.3 Å². The number of hydrogen-bond acceptors (Lipinski definition) is 2. The van der Waals surface area contributed by atoms with Crippen molar-refractivity contribution in [2.45, 2.75) is 20.4 Å². The van der Waals surface area contributed by atoms with E-state index in [1.54, 1.807) is 7.11 Å². The Hall–Kier alpha value is -2.55. The van der Waals surface area contributed by atoms with Crippen LogP contribution < -0.4 is 10.1 Å². The molecule has 0 atom stereocenters. The Labute approximate surface area is 138 Å². The van der Waals surface area contributed by atoms with Gasteiger partial charge in [-0.25, -0.2) is 0 Å². The second kappa shape index (κ2) is 8.18. The summed E-state index contributed by atoms with van der Waals surface area (Å²) in [5.41, 5.74) is 2.77. The quantitative estimate of drug-likeness (QED) is 0.864. The van der Waals surface area contributed by atoms with E-state index in [1.807, 2.05) is 48.5 Å². The van der Waals surface area contributed by atoms with Crippen molar-refractivity contribution in [2.75, 3.05) is 7.11 Å². The summed E-state index contributed by atoms with van der Waals surface area (Å²) in [7, 11) is 1.63. The van der Waals surface area contributed by atoms with Gasteiger partial charge < -0.3 is 10.1 Å². The van der Waals surface area contributed by atoms with Crippen molar-refractivity contribution in [3.63, 3.8) is 0 Å². The van der Waals surface area contributed by atoms with Gasteiger partial charge in [-0.15, -0.1) is 0 Å². The first-order valence-corrected chi connectivity index (χ1v) is 7.78. The van der Waals surface area contributed by atoms with Crippen molar-refractivity contribution in [1.29, 1.82) is 0 Å². The van der Waals surface area contributed by atoms with Crippen LogP contribution in [0.25, 0.3) is 6.08 Å². The van der Waals surface area contributed by atoms with E-state index in [0.717, 1.165) is 16.9 Å². The summed E-state index contributed by atoms with van der Waals surface area (Å²) in [5.74, 6) is 1.23. The van der Waals surface area contributed by atoms with Gasteiger partial charge in [0.2, 0.25) is 0 Å². The molecule has 0 aliphatic carbocycles. The Morgan fingerprint density at radius 3 is 2.57 bits per heavy atom. The van der Waals surface area contributed by atoms with Gasteiger partial charge in [0, 0.05) is 12.1 Å². The average Bonchev–Trinajstić information content (AvgIpc) is 2.58. The largest absolute Gasteiger partial charge is 0.497 e. The molecule has 3 nitrogen and oxygen atoms in total. The first-order valence-electron chi connectivity index (χ1n) is 7.78. The van der Waals surface area contributed by atoms with Crippen LogP contribution in [0.5, 0.6) is 5.75 Å². The summed E-state index contributed by atoms with van der Waals surface area (Å²) in [6, 6.07) is 15.3. The third-order valence-corrected chi connectivity index (χ3v) is 3.43. The molecule has 0 radical (unpaired) electrons. The van der Waals surface area contributed by atoms with Crippen molar-refractivity contribution < 1.29 is 9.53 Å². The van der Waals surface area contributed by atoms with Crippen LogP contribution in [-0.2, 0) is 6.54 Å². The second-order valence-electron chi connectivity index (χ2n) is 5.76. The number of nitrogens with one attached hydrogen (secondary N) is 1. The molecule has 3 heteroatoms. The minimum atomic E-state index is -0.0767. The number of hydrogen-bond donors (Lipinski definition) is 1. The molecule has 0 aliphatic heterocycles. The Kier molecular flexibility index (Phi) is 5.98. The third-order valence-electron chi connectivity index (χ3n) is 3.43. The molecule has 0 unspecified atom stereocenters. The number of benzene rings is 2. The fraction of sp³-hybridized carbons (Fsp3) is 0.250. The zero-order valence-corrected chi connectivity index (χ0v) is 13.9. The van der Waals surface area contributed by atoms with Crippen LogP contribution in [0.1, 0.15) is 35.3 Å². The summed E-state index contributed by atoms with van der Waals surface area (Å²) in [6.07, 6.45) is 4.21. The van der Waals surface area contributed by atoms with E-state index in [-0.39, 0.29) is 5.91 Å². The number of methoxy groups -OCH3 is 1. The molecule has 0 saturated heterocycles. The maximum absolute atomic E-state index is 12.2. The van der Waals surface area contributed by atoms with Crippen LogP contribution in [0.4, 0.5) is 0 Å². The maximum atomic E-state index is 12.2. The molecular weight excluding hydrogens is 286 g/mol. The lowest BCUT2D eigenvalue weighted by atomic mass is 10.1. The molecule has 2 rings (SSSR count). The monoisotopic (exact) mass is 309 g/mol. The molecule has 0 heterocycles. The van der Waals surface area contributed by atoms with Crippen LogP contribution in [0.3, 0.4) is 0 Å². The van der Waals surface area contributed by atoms with Crippen molar-refractivity contribution in [2.24, 2.45) is 5.92 Å². The highest BCUT2D eigenvalue weighted by Gasteiger charge is 2.05. The Morgan fingerprint density at radius 1 is 1.17 bits per heavy atom. The molecule has 23 heavy (non-hydrogen) atoms. The molecule has 0 spiro atoms. The molecule has 0 aliphatic rings. The molecular formula is C20H23NO2. The third kappa shape index (κ3) is 5.29. The summed E-state index contributed by atoms with van der Waals surface area (Å²) >= 11 is 0. The number of amides is 1. The second-order valence-corrected chi connectivity index (χ2v) is 5.76. The van der Waals surface area contributed by atoms with E-state index in [2.05, 4.69) is 31.3 Å². The first kappa shape index (κ1) is 16.8. The number of allylic oxidation sites excluding steroid dienone is 1. The number of carbonyl (C=O) groups is 1. The van der Waals surface area contributed by atoms with Gasteiger partial charge in [0.1, 0.15) is 5.75 Å². The standard InChI is InChI=1S/C20H23NO2/c1-15(2)7-8-16-9-11-18(12-10-16)20(22)21-14-17-5-4-6-19(13-17)23-3/h4-13,15H,14H2,1-3H3,(H,21,22)/b8-7+. The molecule has 2 aromatic carbocycles. The lowest BCUT2D eigenvalue weighted by Gasteiger charge is -2.07. The van der Waals surface area contributed by atoms with Crippen LogP contribution in [0.15, 0.2) is 54.6 Å². The molecule has 0 fully saturated rings. The van der Waals surface area contributed by atoms with Crippen molar-refractivity contribution >= 4 is 12.0 Å². The van der Waals surface area contributed by atoms with Crippen LogP contribution in [0.2, 0.25) is 0 Å². The smallest absolute Gasteiger partial charge is 0.251 e. The molecule has 2 aromatic rings. The fourth-order valence-electron chi connectivity index (χ4n) is 2.12.